The lowest BCUT2D eigenvalue weighted by atomic mass is 10.1. The van der Waals surface area contributed by atoms with Crippen molar-refractivity contribution in [1.29, 1.82) is 5.26 Å². The number of guanidine groups is 1. The molecule has 0 saturated heterocycles. The number of anilines is 1. The summed E-state index contributed by atoms with van der Waals surface area (Å²) >= 11 is 0. The molecule has 0 aliphatic carbocycles. The third-order valence-corrected chi connectivity index (χ3v) is 3.11. The first kappa shape index (κ1) is 20.4. The van der Waals surface area contributed by atoms with E-state index < -0.39 is 5.97 Å². The fourth-order valence-corrected chi connectivity index (χ4v) is 1.97. The number of pyridine rings is 1. The zero-order chi connectivity index (χ0) is 19.5. The van der Waals surface area contributed by atoms with Crippen LogP contribution < -0.4 is 15.8 Å². The molecule has 8 nitrogen and oxygen atoms in total. The number of nitriles is 1. The van der Waals surface area contributed by atoms with E-state index in [1.54, 1.807) is 25.3 Å². The molecular weight excluding hydrogens is 334 g/mol. The summed E-state index contributed by atoms with van der Waals surface area (Å²) in [6.45, 7) is 3.47. The smallest absolute Gasteiger partial charge is 0.300 e. The van der Waals surface area contributed by atoms with E-state index in [0.717, 1.165) is 23.8 Å². The Hall–Kier alpha value is -3.60. The van der Waals surface area contributed by atoms with Gasteiger partial charge in [-0.15, -0.1) is 0 Å². The predicted octanol–water partition coefficient (Wildman–Crippen LogP) is 2.29. The van der Waals surface area contributed by atoms with Crippen LogP contribution in [0.4, 0.5) is 5.82 Å². The van der Waals surface area contributed by atoms with Crippen LogP contribution in [0.3, 0.4) is 0 Å². The molecule has 0 radical (unpaired) electrons. The monoisotopic (exact) mass is 355 g/mol. The van der Waals surface area contributed by atoms with Gasteiger partial charge in [0.1, 0.15) is 23.3 Å². The molecular formula is C18H21N5O3. The minimum Gasteiger partial charge on any atom is -0.496 e. The van der Waals surface area contributed by atoms with E-state index in [2.05, 4.69) is 15.3 Å². The van der Waals surface area contributed by atoms with Crippen molar-refractivity contribution in [2.45, 2.75) is 20.4 Å². The molecule has 0 aliphatic heterocycles. The summed E-state index contributed by atoms with van der Waals surface area (Å²) in [5.41, 5.74) is 8.24. The van der Waals surface area contributed by atoms with E-state index in [9.17, 15) is 0 Å². The summed E-state index contributed by atoms with van der Waals surface area (Å²) in [5.74, 6) is 0.658. The summed E-state index contributed by atoms with van der Waals surface area (Å²) in [6, 6.07) is 12.9. The van der Waals surface area contributed by atoms with Crippen molar-refractivity contribution in [2.75, 3.05) is 12.4 Å². The SMILES string of the molecule is CC(=O)O.COc1cccc(C)c1CN=C(N)Nc1cccc(C#N)n1. The molecule has 2 rings (SSSR count). The average molecular weight is 355 g/mol. The quantitative estimate of drug-likeness (QED) is 0.566. The number of aromatic nitrogens is 1. The molecule has 1 aromatic carbocycles. The van der Waals surface area contributed by atoms with Crippen molar-refractivity contribution < 1.29 is 14.6 Å². The van der Waals surface area contributed by atoms with Gasteiger partial charge >= 0.3 is 0 Å². The molecule has 0 fully saturated rings. The molecule has 0 spiro atoms. The van der Waals surface area contributed by atoms with E-state index in [4.69, 9.17) is 25.6 Å². The van der Waals surface area contributed by atoms with Crippen molar-refractivity contribution in [2.24, 2.45) is 10.7 Å². The van der Waals surface area contributed by atoms with E-state index in [-0.39, 0.29) is 5.96 Å². The molecule has 0 amide bonds. The number of carboxylic acids is 1. The van der Waals surface area contributed by atoms with Gasteiger partial charge in [-0.25, -0.2) is 9.98 Å². The van der Waals surface area contributed by atoms with Crippen LogP contribution in [-0.4, -0.2) is 29.1 Å². The number of aliphatic imine (C=N–C) groups is 1. The summed E-state index contributed by atoms with van der Waals surface area (Å²) in [5, 5.41) is 19.1. The highest BCUT2D eigenvalue weighted by Gasteiger charge is 2.05. The van der Waals surface area contributed by atoms with Gasteiger partial charge in [-0.1, -0.05) is 18.2 Å². The molecule has 0 saturated carbocycles. The van der Waals surface area contributed by atoms with Crippen LogP contribution in [-0.2, 0) is 11.3 Å². The summed E-state index contributed by atoms with van der Waals surface area (Å²) in [4.78, 5) is 17.4. The van der Waals surface area contributed by atoms with Gasteiger partial charge in [0, 0.05) is 12.5 Å². The van der Waals surface area contributed by atoms with Crippen LogP contribution in [0.1, 0.15) is 23.7 Å². The minimum absolute atomic E-state index is 0.230. The van der Waals surface area contributed by atoms with Crippen molar-refractivity contribution >= 4 is 17.7 Å². The average Bonchev–Trinajstić information content (AvgIpc) is 2.60. The molecule has 136 valence electrons. The largest absolute Gasteiger partial charge is 0.496 e. The van der Waals surface area contributed by atoms with Gasteiger partial charge in [0.05, 0.1) is 13.7 Å². The molecule has 26 heavy (non-hydrogen) atoms. The van der Waals surface area contributed by atoms with Gasteiger partial charge in [-0.3, -0.25) is 4.79 Å². The Bertz CT molecular complexity index is 824. The standard InChI is InChI=1S/C16H17N5O.C2H4O2/c1-11-5-3-7-14(22-2)13(11)10-19-16(18)21-15-8-4-6-12(9-17)20-15;1-2(3)4/h3-8H,10H2,1-2H3,(H3,18,19,20,21);1H3,(H,3,4). The molecule has 8 heteroatoms. The first-order valence-corrected chi connectivity index (χ1v) is 7.63. The van der Waals surface area contributed by atoms with Crippen LogP contribution in [0, 0.1) is 18.3 Å². The van der Waals surface area contributed by atoms with E-state index in [1.165, 1.54) is 0 Å². The maximum absolute atomic E-state index is 9.00. The van der Waals surface area contributed by atoms with E-state index in [1.807, 2.05) is 31.2 Å². The number of methoxy groups -OCH3 is 1. The second-order valence-electron chi connectivity index (χ2n) is 5.12. The third-order valence-electron chi connectivity index (χ3n) is 3.11. The highest BCUT2D eigenvalue weighted by molar-refractivity contribution is 5.91. The Morgan fingerprint density at radius 1 is 1.38 bits per heavy atom. The number of carbonyl (C=O) groups is 1. The van der Waals surface area contributed by atoms with Crippen molar-refractivity contribution in [3.05, 3.63) is 53.2 Å². The molecule has 4 N–H and O–H groups in total. The first-order chi connectivity index (χ1) is 12.4. The fraction of sp³-hybridized carbons (Fsp3) is 0.222. The number of hydrogen-bond donors (Lipinski definition) is 3. The molecule has 1 aromatic heterocycles. The Labute approximate surface area is 152 Å². The molecule has 0 bridgehead atoms. The zero-order valence-electron chi connectivity index (χ0n) is 14.9. The van der Waals surface area contributed by atoms with Crippen LogP contribution in [0.2, 0.25) is 0 Å². The van der Waals surface area contributed by atoms with E-state index >= 15 is 0 Å². The Kier molecular flexibility index (Phi) is 8.10. The second-order valence-corrected chi connectivity index (χ2v) is 5.12. The van der Waals surface area contributed by atoms with Crippen molar-refractivity contribution in [1.82, 2.24) is 4.98 Å². The topological polar surface area (TPSA) is 134 Å². The van der Waals surface area contributed by atoms with Crippen LogP contribution in [0.5, 0.6) is 5.75 Å². The second kappa shape index (κ2) is 10.3. The molecule has 0 aliphatic rings. The molecule has 0 unspecified atom stereocenters. The van der Waals surface area contributed by atoms with Crippen LogP contribution in [0.25, 0.3) is 0 Å². The Balaban J connectivity index is 0.000000765. The zero-order valence-corrected chi connectivity index (χ0v) is 14.9. The van der Waals surface area contributed by atoms with Gasteiger partial charge in [0.2, 0.25) is 0 Å². The van der Waals surface area contributed by atoms with Gasteiger partial charge in [-0.05, 0) is 30.7 Å². The third kappa shape index (κ3) is 6.88. The fourth-order valence-electron chi connectivity index (χ4n) is 1.97. The number of benzene rings is 1. The summed E-state index contributed by atoms with van der Waals surface area (Å²) < 4.78 is 5.33. The molecule has 2 aromatic rings. The highest BCUT2D eigenvalue weighted by Crippen LogP contribution is 2.22. The normalized spacial score (nSPS) is 10.2. The van der Waals surface area contributed by atoms with E-state index in [0.29, 0.717) is 18.1 Å². The molecule has 1 heterocycles. The van der Waals surface area contributed by atoms with Crippen molar-refractivity contribution in [3.63, 3.8) is 0 Å². The number of aryl methyl sites for hydroxylation is 1. The summed E-state index contributed by atoms with van der Waals surface area (Å²) in [6.07, 6.45) is 0. The predicted molar refractivity (Wildman–Crippen MR) is 98.9 cm³/mol. The van der Waals surface area contributed by atoms with Gasteiger partial charge < -0.3 is 20.9 Å². The number of nitrogens with one attached hydrogen (secondary N) is 1. The highest BCUT2D eigenvalue weighted by atomic mass is 16.5. The maximum Gasteiger partial charge on any atom is 0.300 e. The Morgan fingerprint density at radius 3 is 2.65 bits per heavy atom. The number of nitrogens with zero attached hydrogens (tertiary/aromatic N) is 3. The van der Waals surface area contributed by atoms with Gasteiger partial charge in [0.15, 0.2) is 5.96 Å². The lowest BCUT2D eigenvalue weighted by Crippen LogP contribution is -2.23. The van der Waals surface area contributed by atoms with Crippen LogP contribution >= 0.6 is 0 Å². The first-order valence-electron chi connectivity index (χ1n) is 7.63. The minimum atomic E-state index is -0.833. The number of ether oxygens (including phenoxy) is 1. The number of rotatable bonds is 4. The number of carboxylic acid groups (broad SMARTS) is 1. The Morgan fingerprint density at radius 2 is 2.04 bits per heavy atom. The van der Waals surface area contributed by atoms with Gasteiger partial charge in [0.25, 0.3) is 5.97 Å². The number of hydrogen-bond acceptors (Lipinski definition) is 5. The number of nitrogens with two attached hydrogens (primary N) is 1. The maximum atomic E-state index is 9.00. The lowest BCUT2D eigenvalue weighted by molar-refractivity contribution is -0.134. The molecule has 0 atom stereocenters. The summed E-state index contributed by atoms with van der Waals surface area (Å²) in [7, 11) is 1.63. The van der Waals surface area contributed by atoms with Gasteiger partial charge in [-0.2, -0.15) is 5.26 Å². The van der Waals surface area contributed by atoms with Crippen LogP contribution in [0.15, 0.2) is 41.4 Å². The van der Waals surface area contributed by atoms with Crippen molar-refractivity contribution in [3.8, 4) is 11.8 Å². The lowest BCUT2D eigenvalue weighted by Gasteiger charge is -2.10. The number of aliphatic carboxylic acids is 1.